The van der Waals surface area contributed by atoms with Gasteiger partial charge in [0.05, 0.1) is 6.20 Å². The summed E-state index contributed by atoms with van der Waals surface area (Å²) in [6.45, 7) is 0. The Morgan fingerprint density at radius 2 is 2.33 bits per heavy atom. The van der Waals surface area contributed by atoms with E-state index in [0.29, 0.717) is 4.73 Å². The van der Waals surface area contributed by atoms with Crippen LogP contribution < -0.4 is 4.73 Å². The summed E-state index contributed by atoms with van der Waals surface area (Å²) in [5.41, 5.74) is 1.14. The van der Waals surface area contributed by atoms with E-state index in [0.717, 1.165) is 16.3 Å². The van der Waals surface area contributed by atoms with Gasteiger partial charge in [-0.2, -0.15) is 0 Å². The molecule has 2 heterocycles. The Morgan fingerprint density at radius 1 is 1.40 bits per heavy atom. The number of nitrogens with zero attached hydrogens (tertiary/aromatic N) is 3. The highest BCUT2D eigenvalue weighted by atomic mass is 32.2. The van der Waals surface area contributed by atoms with Crippen LogP contribution in [-0.4, -0.2) is 9.97 Å². The first-order valence-corrected chi connectivity index (χ1v) is 5.40. The Labute approximate surface area is 91.6 Å². The van der Waals surface area contributed by atoms with E-state index in [-0.39, 0.29) is 0 Å². The maximum Gasteiger partial charge on any atom is 0.290 e. The molecule has 4 nitrogen and oxygen atoms in total. The van der Waals surface area contributed by atoms with Crippen molar-refractivity contribution in [3.63, 3.8) is 0 Å². The van der Waals surface area contributed by atoms with Crippen molar-refractivity contribution in [2.75, 3.05) is 0 Å². The van der Waals surface area contributed by atoms with Crippen molar-refractivity contribution in [1.82, 2.24) is 9.97 Å². The number of aromatic nitrogens is 3. The van der Waals surface area contributed by atoms with Crippen molar-refractivity contribution >= 4 is 11.8 Å². The zero-order valence-electron chi connectivity index (χ0n) is 7.91. The molecule has 0 aliphatic carbocycles. The summed E-state index contributed by atoms with van der Waals surface area (Å²) < 4.78 is 0.675. The largest absolute Gasteiger partial charge is 0.711 e. The lowest BCUT2D eigenvalue weighted by Crippen LogP contribution is -2.24. The molecule has 76 valence electrons. The predicted molar refractivity (Wildman–Crippen MR) is 57.0 cm³/mol. The van der Waals surface area contributed by atoms with Crippen LogP contribution in [0.5, 0.6) is 0 Å². The second-order valence-electron chi connectivity index (χ2n) is 2.91. The van der Waals surface area contributed by atoms with Gasteiger partial charge in [0.1, 0.15) is 0 Å². The van der Waals surface area contributed by atoms with Crippen LogP contribution in [0.15, 0.2) is 48.1 Å². The molecule has 0 aliphatic heterocycles. The molecule has 5 heteroatoms. The van der Waals surface area contributed by atoms with Crippen LogP contribution in [0.4, 0.5) is 0 Å². The molecule has 0 amide bonds. The van der Waals surface area contributed by atoms with Crippen molar-refractivity contribution in [2.24, 2.45) is 0 Å². The van der Waals surface area contributed by atoms with Gasteiger partial charge in [0.25, 0.3) is 6.33 Å². The van der Waals surface area contributed by atoms with Gasteiger partial charge in [0.15, 0.2) is 0 Å². The quantitative estimate of drug-likeness (QED) is 0.339. The lowest BCUT2D eigenvalue weighted by Gasteiger charge is -1.99. The van der Waals surface area contributed by atoms with Gasteiger partial charge in [-0.25, -0.2) is 4.73 Å². The first-order chi connectivity index (χ1) is 7.34. The highest BCUT2D eigenvalue weighted by Crippen LogP contribution is 2.18. The molecule has 0 radical (unpaired) electrons. The molecule has 0 aliphatic rings. The molecular weight excluding hydrogens is 210 g/mol. The summed E-state index contributed by atoms with van der Waals surface area (Å²) in [6.07, 6.45) is 6.27. The standard InChI is InChI=1S/C10H9N3OS/c14-13-5-3-10(12-8-13)15-7-9-2-1-4-11-6-9/h1-6,8H,7H2. The molecule has 0 N–H and O–H groups in total. The molecule has 15 heavy (non-hydrogen) atoms. The molecule has 0 aromatic carbocycles. The Balaban J connectivity index is 1.96. The van der Waals surface area contributed by atoms with E-state index in [4.69, 9.17) is 0 Å². The van der Waals surface area contributed by atoms with Crippen molar-refractivity contribution in [3.05, 3.63) is 53.9 Å². The zero-order valence-corrected chi connectivity index (χ0v) is 8.72. The van der Waals surface area contributed by atoms with E-state index in [1.54, 1.807) is 24.0 Å². The maximum absolute atomic E-state index is 10.7. The van der Waals surface area contributed by atoms with E-state index >= 15 is 0 Å². The molecule has 0 spiro atoms. The third-order valence-corrected chi connectivity index (χ3v) is 2.79. The van der Waals surface area contributed by atoms with Crippen molar-refractivity contribution in [1.29, 1.82) is 0 Å². The normalized spacial score (nSPS) is 10.1. The molecule has 2 aromatic rings. The summed E-state index contributed by atoms with van der Waals surface area (Å²) >= 11 is 1.58. The van der Waals surface area contributed by atoms with E-state index in [1.807, 2.05) is 18.3 Å². The van der Waals surface area contributed by atoms with Crippen LogP contribution in [0.2, 0.25) is 0 Å². The van der Waals surface area contributed by atoms with Crippen molar-refractivity contribution < 1.29 is 4.73 Å². The molecule has 0 unspecified atom stereocenters. The number of hydrogen-bond donors (Lipinski definition) is 0. The Bertz CT molecular complexity index is 418. The van der Waals surface area contributed by atoms with E-state index in [1.165, 1.54) is 12.5 Å². The van der Waals surface area contributed by atoms with E-state index < -0.39 is 0 Å². The summed E-state index contributed by atoms with van der Waals surface area (Å²) in [7, 11) is 0. The molecule has 2 rings (SSSR count). The lowest BCUT2D eigenvalue weighted by molar-refractivity contribution is -0.609. The highest BCUT2D eigenvalue weighted by molar-refractivity contribution is 7.98. The fourth-order valence-electron chi connectivity index (χ4n) is 1.06. The van der Waals surface area contributed by atoms with Crippen molar-refractivity contribution in [2.45, 2.75) is 10.8 Å². The predicted octanol–water partition coefficient (Wildman–Crippen LogP) is 1.40. The van der Waals surface area contributed by atoms with Crippen LogP contribution in [0.25, 0.3) is 0 Å². The third kappa shape index (κ3) is 2.92. The average Bonchev–Trinajstić information content (AvgIpc) is 2.30. The number of hydrogen-bond acceptors (Lipinski definition) is 4. The van der Waals surface area contributed by atoms with Gasteiger partial charge in [-0.15, -0.1) is 0 Å². The molecule has 0 atom stereocenters. The van der Waals surface area contributed by atoms with Gasteiger partial charge < -0.3 is 5.21 Å². The van der Waals surface area contributed by atoms with Crippen LogP contribution in [-0.2, 0) is 5.75 Å². The lowest BCUT2D eigenvalue weighted by atomic mass is 10.3. The Morgan fingerprint density at radius 3 is 3.00 bits per heavy atom. The monoisotopic (exact) mass is 219 g/mol. The fraction of sp³-hybridized carbons (Fsp3) is 0.100. The highest BCUT2D eigenvalue weighted by Gasteiger charge is 2.01. The van der Waals surface area contributed by atoms with Gasteiger partial charge in [-0.05, 0) is 16.6 Å². The third-order valence-electron chi connectivity index (χ3n) is 1.77. The SMILES string of the molecule is [O-][n+]1ccc(SCc2cccnc2)nc1. The second-order valence-corrected chi connectivity index (χ2v) is 3.90. The minimum atomic E-state index is 0.675. The molecular formula is C10H9N3OS. The second kappa shape index (κ2) is 4.75. The van der Waals surface area contributed by atoms with Gasteiger partial charge in [-0.1, -0.05) is 17.8 Å². The fourth-order valence-corrected chi connectivity index (χ4v) is 1.82. The Kier molecular flexibility index (Phi) is 3.14. The van der Waals surface area contributed by atoms with E-state index in [9.17, 15) is 5.21 Å². The smallest absolute Gasteiger partial charge is 0.290 e. The van der Waals surface area contributed by atoms with Crippen LogP contribution in [0.1, 0.15) is 5.56 Å². The zero-order chi connectivity index (χ0) is 10.5. The van der Waals surface area contributed by atoms with Crippen LogP contribution >= 0.6 is 11.8 Å². The van der Waals surface area contributed by atoms with Gasteiger partial charge in [-0.3, -0.25) is 4.98 Å². The molecule has 0 bridgehead atoms. The summed E-state index contributed by atoms with van der Waals surface area (Å²) in [5.74, 6) is 0.809. The van der Waals surface area contributed by atoms with Crippen LogP contribution in [0, 0.1) is 5.21 Å². The summed E-state index contributed by atoms with van der Waals surface area (Å²) in [6, 6.07) is 5.62. The van der Waals surface area contributed by atoms with Gasteiger partial charge >= 0.3 is 0 Å². The topological polar surface area (TPSA) is 52.7 Å². The summed E-state index contributed by atoms with van der Waals surface area (Å²) in [5, 5.41) is 11.6. The first kappa shape index (κ1) is 9.92. The van der Waals surface area contributed by atoms with Gasteiger partial charge in [0.2, 0.25) is 5.03 Å². The van der Waals surface area contributed by atoms with Gasteiger partial charge in [0, 0.05) is 24.2 Å². The molecule has 2 aromatic heterocycles. The molecule has 0 saturated heterocycles. The van der Waals surface area contributed by atoms with E-state index in [2.05, 4.69) is 9.97 Å². The van der Waals surface area contributed by atoms with Crippen LogP contribution in [0.3, 0.4) is 0 Å². The number of thioether (sulfide) groups is 1. The molecule has 0 fully saturated rings. The molecule has 0 saturated carbocycles. The number of rotatable bonds is 3. The average molecular weight is 219 g/mol. The maximum atomic E-state index is 10.7. The first-order valence-electron chi connectivity index (χ1n) is 4.41. The summed E-state index contributed by atoms with van der Waals surface area (Å²) in [4.78, 5) is 8.01. The number of pyridine rings is 1. The van der Waals surface area contributed by atoms with Crippen molar-refractivity contribution in [3.8, 4) is 0 Å². The minimum Gasteiger partial charge on any atom is -0.711 e. The Hall–Kier alpha value is -1.62. The minimum absolute atomic E-state index is 0.675.